The van der Waals surface area contributed by atoms with Crippen molar-refractivity contribution in [3.63, 3.8) is 0 Å². The van der Waals surface area contributed by atoms with E-state index in [9.17, 15) is 9.18 Å². The molecule has 0 aromatic carbocycles. The predicted molar refractivity (Wildman–Crippen MR) is 145 cm³/mol. The lowest BCUT2D eigenvalue weighted by atomic mass is 9.76. The number of aromatic nitrogens is 7. The minimum absolute atomic E-state index is 0.0221. The summed E-state index contributed by atoms with van der Waals surface area (Å²) in [5.41, 5.74) is 2.72. The van der Waals surface area contributed by atoms with Crippen molar-refractivity contribution in [2.24, 2.45) is 0 Å². The highest BCUT2D eigenvalue weighted by molar-refractivity contribution is 5.86. The number of rotatable bonds is 6. The Morgan fingerprint density at radius 1 is 1.18 bits per heavy atom. The van der Waals surface area contributed by atoms with Gasteiger partial charge in [-0.1, -0.05) is 6.07 Å². The van der Waals surface area contributed by atoms with E-state index in [0.29, 0.717) is 31.8 Å². The number of ether oxygens (including phenoxy) is 1. The van der Waals surface area contributed by atoms with E-state index >= 15 is 0 Å². The molecular weight excluding hydrogens is 513 g/mol. The Kier molecular flexibility index (Phi) is 6.78. The number of amides is 1. The summed E-state index contributed by atoms with van der Waals surface area (Å²) < 4.78 is 20.9. The third-order valence-corrected chi connectivity index (χ3v) is 7.99. The van der Waals surface area contributed by atoms with Gasteiger partial charge >= 0.3 is 0 Å². The molecule has 1 saturated heterocycles. The van der Waals surface area contributed by atoms with Gasteiger partial charge < -0.3 is 15.0 Å². The molecule has 1 aliphatic carbocycles. The summed E-state index contributed by atoms with van der Waals surface area (Å²) >= 11 is 0. The van der Waals surface area contributed by atoms with Crippen LogP contribution in [0.1, 0.15) is 67.3 Å². The van der Waals surface area contributed by atoms with Crippen LogP contribution in [0, 0.1) is 19.7 Å². The molecule has 1 atom stereocenters. The third-order valence-electron chi connectivity index (χ3n) is 7.99. The van der Waals surface area contributed by atoms with Crippen molar-refractivity contribution >= 4 is 17.4 Å². The summed E-state index contributed by atoms with van der Waals surface area (Å²) in [6, 6.07) is 5.44. The molecule has 4 aromatic rings. The lowest BCUT2D eigenvalue weighted by Crippen LogP contribution is -2.58. The Morgan fingerprint density at radius 2 is 2.00 bits per heavy atom. The highest BCUT2D eigenvalue weighted by Gasteiger charge is 2.49. The first kappa shape index (κ1) is 26.1. The lowest BCUT2D eigenvalue weighted by molar-refractivity contribution is -0.181. The van der Waals surface area contributed by atoms with Gasteiger partial charge in [0.05, 0.1) is 42.6 Å². The van der Waals surface area contributed by atoms with E-state index in [0.717, 1.165) is 53.3 Å². The Hall–Kier alpha value is -4.19. The number of anilines is 2. The fraction of sp³-hybridized carbons (Fsp3) is 0.429. The van der Waals surface area contributed by atoms with Gasteiger partial charge in [0.1, 0.15) is 11.4 Å². The maximum atomic E-state index is 13.8. The van der Waals surface area contributed by atoms with Crippen molar-refractivity contribution in [2.45, 2.75) is 64.0 Å². The average Bonchev–Trinajstić information content (AvgIpc) is 3.59. The van der Waals surface area contributed by atoms with Gasteiger partial charge in [-0.3, -0.25) is 9.89 Å². The molecule has 2 N–H and O–H groups in total. The van der Waals surface area contributed by atoms with Gasteiger partial charge in [-0.25, -0.2) is 24.0 Å². The number of nitrogens with one attached hydrogen (secondary N) is 2. The third kappa shape index (κ3) is 4.94. The average molecular weight is 546 g/mol. The molecule has 2 aliphatic rings. The fourth-order valence-corrected chi connectivity index (χ4v) is 5.65. The van der Waals surface area contributed by atoms with E-state index < -0.39 is 11.4 Å². The summed E-state index contributed by atoms with van der Waals surface area (Å²) in [5.74, 6) is 1.80. The summed E-state index contributed by atoms with van der Waals surface area (Å²) in [5, 5.41) is 14.3. The summed E-state index contributed by atoms with van der Waals surface area (Å²) in [4.78, 5) is 29.6. The van der Waals surface area contributed by atoms with Gasteiger partial charge in [0.15, 0.2) is 17.5 Å². The van der Waals surface area contributed by atoms with Crippen molar-refractivity contribution in [3.05, 3.63) is 71.6 Å². The second-order valence-corrected chi connectivity index (χ2v) is 10.6. The van der Waals surface area contributed by atoms with Crippen LogP contribution >= 0.6 is 0 Å². The first-order valence-corrected chi connectivity index (χ1v) is 13.6. The maximum absolute atomic E-state index is 13.8. The van der Waals surface area contributed by atoms with Crippen LogP contribution < -0.4 is 5.32 Å². The molecule has 6 rings (SSSR count). The molecule has 1 saturated carbocycles. The van der Waals surface area contributed by atoms with Crippen LogP contribution in [0.25, 0.3) is 5.82 Å². The van der Waals surface area contributed by atoms with Crippen molar-refractivity contribution in [1.29, 1.82) is 0 Å². The molecule has 5 heterocycles. The fourth-order valence-electron chi connectivity index (χ4n) is 5.65. The molecule has 0 bridgehead atoms. The molecule has 1 aliphatic heterocycles. The van der Waals surface area contributed by atoms with Crippen molar-refractivity contribution in [2.75, 3.05) is 18.5 Å². The van der Waals surface area contributed by atoms with Crippen LogP contribution in [0.15, 0.2) is 43.0 Å². The van der Waals surface area contributed by atoms with E-state index in [1.807, 2.05) is 37.8 Å². The molecule has 4 aromatic heterocycles. The van der Waals surface area contributed by atoms with Gasteiger partial charge in [0, 0.05) is 30.4 Å². The van der Waals surface area contributed by atoms with Crippen molar-refractivity contribution < 1.29 is 13.9 Å². The number of carbonyl (C=O) groups excluding carboxylic acids is 1. The van der Waals surface area contributed by atoms with E-state index in [1.54, 1.807) is 18.5 Å². The summed E-state index contributed by atoms with van der Waals surface area (Å²) in [7, 11) is 0. The number of hydrogen-bond donors (Lipinski definition) is 2. The molecule has 12 heteroatoms. The smallest absolute Gasteiger partial charge is 0.255 e. The van der Waals surface area contributed by atoms with Gasteiger partial charge in [-0.2, -0.15) is 10.2 Å². The number of aromatic amines is 1. The first-order valence-electron chi connectivity index (χ1n) is 13.6. The first-order chi connectivity index (χ1) is 19.3. The SMILES string of the molecule is Cc1cc(Nc2cnc(C3CCC4(CC3)OCCN([C@@H](C)c3ccc(-n5cc(F)cn5)nc3)C4=O)nc2C)n[nH]1. The van der Waals surface area contributed by atoms with Gasteiger partial charge in [0.2, 0.25) is 0 Å². The Bertz CT molecular complexity index is 1510. The van der Waals surface area contributed by atoms with E-state index in [-0.39, 0.29) is 17.9 Å². The molecule has 2 fully saturated rings. The number of carbonyl (C=O) groups is 1. The number of halogens is 1. The van der Waals surface area contributed by atoms with Crippen LogP contribution in [0.3, 0.4) is 0 Å². The molecule has 208 valence electrons. The number of pyridine rings is 1. The Morgan fingerprint density at radius 3 is 2.65 bits per heavy atom. The lowest BCUT2D eigenvalue weighted by Gasteiger charge is -2.46. The number of nitrogens with zero attached hydrogens (tertiary/aromatic N) is 7. The van der Waals surface area contributed by atoms with Crippen LogP contribution in [-0.2, 0) is 9.53 Å². The molecule has 11 nitrogen and oxygen atoms in total. The standard InChI is InChI=1S/C28H32FN9O2/c1-17-12-24(36-35-17)34-23-15-31-26(33-18(23)2)20-6-8-28(9-7-20)27(39)37(10-11-40-28)19(3)21-4-5-25(30-13-21)38-16-22(29)14-32-38/h4-5,12-16,19-20H,6-11H2,1-3H3,(H2,34,35,36)/t19-,20?,28?/m0/s1. The van der Waals surface area contributed by atoms with Crippen LogP contribution in [0.5, 0.6) is 0 Å². The molecule has 1 amide bonds. The minimum atomic E-state index is -0.822. The number of aryl methyl sites for hydroxylation is 2. The predicted octanol–water partition coefficient (Wildman–Crippen LogP) is 4.30. The van der Waals surface area contributed by atoms with Gasteiger partial charge in [-0.15, -0.1) is 0 Å². The molecule has 40 heavy (non-hydrogen) atoms. The van der Waals surface area contributed by atoms with Crippen molar-refractivity contribution in [3.8, 4) is 5.82 Å². The maximum Gasteiger partial charge on any atom is 0.255 e. The normalized spacial score (nSPS) is 22.1. The molecule has 1 spiro atoms. The summed E-state index contributed by atoms with van der Waals surface area (Å²) in [6.07, 6.45) is 8.73. The highest BCUT2D eigenvalue weighted by Crippen LogP contribution is 2.43. The second kappa shape index (κ2) is 10.4. The number of hydrogen-bond acceptors (Lipinski definition) is 8. The highest BCUT2D eigenvalue weighted by atomic mass is 19.1. The number of H-pyrrole nitrogens is 1. The van der Waals surface area contributed by atoms with Crippen LogP contribution in [0.2, 0.25) is 0 Å². The topological polar surface area (TPSA) is 127 Å². The second-order valence-electron chi connectivity index (χ2n) is 10.6. The van der Waals surface area contributed by atoms with Crippen molar-refractivity contribution in [1.82, 2.24) is 39.8 Å². The zero-order valence-electron chi connectivity index (χ0n) is 22.8. The number of morpholine rings is 1. The van der Waals surface area contributed by atoms with E-state index in [4.69, 9.17) is 9.72 Å². The van der Waals surface area contributed by atoms with E-state index in [1.165, 1.54) is 10.9 Å². The van der Waals surface area contributed by atoms with Crippen LogP contribution in [0.4, 0.5) is 15.9 Å². The molecule has 0 radical (unpaired) electrons. The van der Waals surface area contributed by atoms with Gasteiger partial charge in [-0.05, 0) is 58.1 Å². The monoisotopic (exact) mass is 545 g/mol. The van der Waals surface area contributed by atoms with E-state index in [2.05, 4.69) is 30.6 Å². The minimum Gasteiger partial charge on any atom is -0.363 e. The Labute approximate surface area is 231 Å². The molecule has 0 unspecified atom stereocenters. The largest absolute Gasteiger partial charge is 0.363 e. The van der Waals surface area contributed by atoms with Crippen LogP contribution in [-0.4, -0.2) is 64.5 Å². The van der Waals surface area contributed by atoms with Gasteiger partial charge in [0.25, 0.3) is 5.91 Å². The molecular formula is C28H32FN9O2. The summed E-state index contributed by atoms with van der Waals surface area (Å²) in [6.45, 7) is 6.91. The zero-order chi connectivity index (χ0) is 27.9. The zero-order valence-corrected chi connectivity index (χ0v) is 22.8. The quantitative estimate of drug-likeness (QED) is 0.367. The Balaban J connectivity index is 1.11.